The van der Waals surface area contributed by atoms with Gasteiger partial charge in [-0.1, -0.05) is 18.6 Å². The highest BCUT2D eigenvalue weighted by atomic mass is 127. The van der Waals surface area contributed by atoms with Crippen molar-refractivity contribution in [2.75, 3.05) is 20.8 Å². The van der Waals surface area contributed by atoms with Gasteiger partial charge < -0.3 is 20.1 Å². The number of guanidine groups is 1. The second kappa shape index (κ2) is 9.07. The molecular weight excluding hydrogens is 429 g/mol. The monoisotopic (exact) mass is 459 g/mol. The third-order valence-corrected chi connectivity index (χ3v) is 5.57. The number of nitrogens with one attached hydrogen (secondary N) is 2. The van der Waals surface area contributed by atoms with Gasteiger partial charge in [-0.05, 0) is 43.9 Å². The van der Waals surface area contributed by atoms with E-state index >= 15 is 0 Å². The van der Waals surface area contributed by atoms with E-state index in [1.54, 1.807) is 7.11 Å². The van der Waals surface area contributed by atoms with Crippen LogP contribution in [0.1, 0.15) is 38.2 Å². The lowest BCUT2D eigenvalue weighted by Crippen LogP contribution is -2.68. The molecule has 25 heavy (non-hydrogen) atoms. The molecule has 1 aromatic carbocycles. The van der Waals surface area contributed by atoms with E-state index in [0.717, 1.165) is 31.3 Å². The Bertz CT molecular complexity index is 590. The van der Waals surface area contributed by atoms with Crippen LogP contribution in [-0.4, -0.2) is 38.9 Å². The molecule has 2 unspecified atom stereocenters. The molecule has 1 spiro atoms. The summed E-state index contributed by atoms with van der Waals surface area (Å²) in [4.78, 5) is 4.38. The van der Waals surface area contributed by atoms with Crippen molar-refractivity contribution in [2.24, 2.45) is 10.4 Å². The molecule has 0 aromatic heterocycles. The summed E-state index contributed by atoms with van der Waals surface area (Å²) < 4.78 is 11.2. The Morgan fingerprint density at radius 2 is 2.16 bits per heavy atom. The predicted octanol–water partition coefficient (Wildman–Crippen LogP) is 3.33. The Kier molecular flexibility index (Phi) is 7.37. The van der Waals surface area contributed by atoms with E-state index in [2.05, 4.69) is 28.6 Å². The minimum atomic E-state index is 0. The summed E-state index contributed by atoms with van der Waals surface area (Å²) in [6, 6.07) is 8.57. The zero-order valence-electron chi connectivity index (χ0n) is 15.4. The van der Waals surface area contributed by atoms with Gasteiger partial charge in [0.15, 0.2) is 5.96 Å². The van der Waals surface area contributed by atoms with Gasteiger partial charge in [0.05, 0.1) is 13.2 Å². The molecule has 1 aromatic rings. The van der Waals surface area contributed by atoms with Crippen LogP contribution in [0.3, 0.4) is 0 Å². The number of rotatable bonds is 6. The summed E-state index contributed by atoms with van der Waals surface area (Å²) in [5, 5.41) is 7.02. The minimum Gasteiger partial charge on any atom is -0.497 e. The standard InChI is InChI=1S/C19H29N3O2.HI/c1-4-24-17-12-16(19(17)9-6-10-19)22-18(20-2)21-13-14-7-5-8-15(11-14)23-3;/h5,7-8,11,16-17H,4,6,9-10,12-13H2,1-3H3,(H2,20,21,22);1H. The van der Waals surface area contributed by atoms with Crippen LogP contribution in [0, 0.1) is 5.41 Å². The van der Waals surface area contributed by atoms with E-state index in [4.69, 9.17) is 9.47 Å². The van der Waals surface area contributed by atoms with E-state index in [9.17, 15) is 0 Å². The zero-order valence-corrected chi connectivity index (χ0v) is 17.7. The van der Waals surface area contributed by atoms with Gasteiger partial charge in [-0.2, -0.15) is 0 Å². The SMILES string of the molecule is CCOC1CC(NC(=NC)NCc2cccc(OC)c2)C12CCC2.I. The molecule has 140 valence electrons. The summed E-state index contributed by atoms with van der Waals surface area (Å²) in [6.45, 7) is 3.62. The molecule has 0 aliphatic heterocycles. The topological polar surface area (TPSA) is 54.9 Å². The minimum absolute atomic E-state index is 0. The smallest absolute Gasteiger partial charge is 0.191 e. The Balaban J connectivity index is 0.00000225. The van der Waals surface area contributed by atoms with Gasteiger partial charge in [0, 0.05) is 31.7 Å². The number of hydrogen-bond acceptors (Lipinski definition) is 3. The van der Waals surface area contributed by atoms with Crippen molar-refractivity contribution >= 4 is 29.9 Å². The first kappa shape index (κ1) is 20.3. The first-order valence-electron chi connectivity index (χ1n) is 8.93. The highest BCUT2D eigenvalue weighted by Gasteiger charge is 2.59. The highest BCUT2D eigenvalue weighted by molar-refractivity contribution is 14.0. The van der Waals surface area contributed by atoms with E-state index < -0.39 is 0 Å². The molecule has 2 aliphatic rings. The first-order valence-corrected chi connectivity index (χ1v) is 8.93. The average molecular weight is 459 g/mol. The quantitative estimate of drug-likeness (QED) is 0.390. The number of ether oxygens (including phenoxy) is 2. The van der Waals surface area contributed by atoms with Crippen molar-refractivity contribution in [1.29, 1.82) is 0 Å². The maximum Gasteiger partial charge on any atom is 0.191 e. The summed E-state index contributed by atoms with van der Waals surface area (Å²) in [5.41, 5.74) is 1.51. The first-order chi connectivity index (χ1) is 11.7. The maximum atomic E-state index is 5.92. The van der Waals surface area contributed by atoms with E-state index in [-0.39, 0.29) is 24.0 Å². The van der Waals surface area contributed by atoms with E-state index in [1.165, 1.54) is 24.8 Å². The molecule has 5 nitrogen and oxygen atoms in total. The Morgan fingerprint density at radius 1 is 1.36 bits per heavy atom. The molecule has 0 saturated heterocycles. The van der Waals surface area contributed by atoms with Crippen LogP contribution < -0.4 is 15.4 Å². The molecule has 2 saturated carbocycles. The fourth-order valence-corrected chi connectivity index (χ4v) is 3.97. The lowest BCUT2D eigenvalue weighted by Gasteiger charge is -2.61. The molecule has 2 aliphatic carbocycles. The van der Waals surface area contributed by atoms with Crippen LogP contribution in [0.2, 0.25) is 0 Å². The van der Waals surface area contributed by atoms with Crippen LogP contribution in [0.4, 0.5) is 0 Å². The van der Waals surface area contributed by atoms with Gasteiger partial charge in [-0.3, -0.25) is 4.99 Å². The van der Waals surface area contributed by atoms with Crippen molar-refractivity contribution in [3.63, 3.8) is 0 Å². The fraction of sp³-hybridized carbons (Fsp3) is 0.632. The Labute approximate surface area is 168 Å². The lowest BCUT2D eigenvalue weighted by molar-refractivity contribution is -0.168. The molecule has 0 amide bonds. The molecule has 0 bridgehead atoms. The van der Waals surface area contributed by atoms with Crippen LogP contribution in [0.25, 0.3) is 0 Å². The van der Waals surface area contributed by atoms with Gasteiger partial charge in [0.1, 0.15) is 5.75 Å². The molecule has 6 heteroatoms. The second-order valence-corrected chi connectivity index (χ2v) is 6.74. The highest BCUT2D eigenvalue weighted by Crippen LogP contribution is 2.57. The third kappa shape index (κ3) is 4.22. The maximum absolute atomic E-state index is 5.92. The number of nitrogens with zero attached hydrogens (tertiary/aromatic N) is 1. The van der Waals surface area contributed by atoms with Crippen molar-refractivity contribution in [3.05, 3.63) is 29.8 Å². The number of hydrogen-bond donors (Lipinski definition) is 2. The van der Waals surface area contributed by atoms with Gasteiger partial charge >= 0.3 is 0 Å². The normalized spacial score (nSPS) is 23.9. The molecule has 0 heterocycles. The molecule has 0 radical (unpaired) electrons. The lowest BCUT2D eigenvalue weighted by atomic mass is 9.51. The van der Waals surface area contributed by atoms with Gasteiger partial charge in [0.25, 0.3) is 0 Å². The van der Waals surface area contributed by atoms with Crippen molar-refractivity contribution in [3.8, 4) is 5.75 Å². The number of aliphatic imine (C=N–C) groups is 1. The zero-order chi connectivity index (χ0) is 17.0. The summed E-state index contributed by atoms with van der Waals surface area (Å²) in [7, 11) is 3.52. The van der Waals surface area contributed by atoms with Crippen molar-refractivity contribution in [1.82, 2.24) is 10.6 Å². The third-order valence-electron chi connectivity index (χ3n) is 5.57. The van der Waals surface area contributed by atoms with Crippen LogP contribution in [0.15, 0.2) is 29.3 Å². The van der Waals surface area contributed by atoms with Crippen LogP contribution in [-0.2, 0) is 11.3 Å². The summed E-state index contributed by atoms with van der Waals surface area (Å²) in [5.74, 6) is 1.74. The van der Waals surface area contributed by atoms with E-state index in [1.807, 2.05) is 25.2 Å². The Hall–Kier alpha value is -1.02. The predicted molar refractivity (Wildman–Crippen MR) is 112 cm³/mol. The van der Waals surface area contributed by atoms with Crippen LogP contribution >= 0.6 is 24.0 Å². The number of halogens is 1. The molecule has 2 N–H and O–H groups in total. The summed E-state index contributed by atoms with van der Waals surface area (Å²) >= 11 is 0. The van der Waals surface area contributed by atoms with Crippen molar-refractivity contribution < 1.29 is 9.47 Å². The van der Waals surface area contributed by atoms with Crippen LogP contribution in [0.5, 0.6) is 5.75 Å². The fourth-order valence-electron chi connectivity index (χ4n) is 3.97. The van der Waals surface area contributed by atoms with Gasteiger partial charge in [-0.15, -0.1) is 24.0 Å². The molecule has 3 rings (SSSR count). The Morgan fingerprint density at radius 3 is 2.76 bits per heavy atom. The van der Waals surface area contributed by atoms with Gasteiger partial charge in [0.2, 0.25) is 0 Å². The summed E-state index contributed by atoms with van der Waals surface area (Å²) in [6.07, 6.45) is 5.35. The van der Waals surface area contributed by atoms with Gasteiger partial charge in [-0.25, -0.2) is 0 Å². The number of methoxy groups -OCH3 is 1. The van der Waals surface area contributed by atoms with Crippen molar-refractivity contribution in [2.45, 2.75) is 51.3 Å². The molecule has 2 fully saturated rings. The van der Waals surface area contributed by atoms with E-state index in [0.29, 0.717) is 17.6 Å². The molecule has 2 atom stereocenters. The average Bonchev–Trinajstić information content (AvgIpc) is 2.55. The number of benzene rings is 1. The largest absolute Gasteiger partial charge is 0.497 e. The molecular formula is C19H30IN3O2. The second-order valence-electron chi connectivity index (χ2n) is 6.74.